The highest BCUT2D eigenvalue weighted by molar-refractivity contribution is 5.91. The Balaban J connectivity index is 1.17. The van der Waals surface area contributed by atoms with Gasteiger partial charge in [0.2, 0.25) is 0 Å². The average Bonchev–Trinajstić information content (AvgIpc) is 3.54. The van der Waals surface area contributed by atoms with E-state index in [0.717, 1.165) is 45.4 Å². The lowest BCUT2D eigenvalue weighted by atomic mass is 9.95. The van der Waals surface area contributed by atoms with Gasteiger partial charge in [-0.1, -0.05) is 140 Å². The molecule has 0 saturated carbocycles. The smallest absolute Gasteiger partial charge is 0.167 e. The Morgan fingerprint density at radius 3 is 1.77 bits per heavy atom. The third kappa shape index (κ3) is 5.01. The summed E-state index contributed by atoms with van der Waals surface area (Å²) >= 11 is 0. The second-order valence-electron chi connectivity index (χ2n) is 12.0. The van der Waals surface area contributed by atoms with Gasteiger partial charge in [0.15, 0.2) is 17.5 Å². The molecule has 1 unspecified atom stereocenters. The Morgan fingerprint density at radius 2 is 1.02 bits per heavy atom. The molecule has 0 spiro atoms. The predicted molar refractivity (Wildman–Crippen MR) is 191 cm³/mol. The Bertz CT molecular complexity index is 2340. The summed E-state index contributed by atoms with van der Waals surface area (Å²) in [5.74, 6) is 2.68. The van der Waals surface area contributed by atoms with E-state index in [1.165, 1.54) is 27.6 Å². The molecule has 6 aromatic carbocycles. The number of nitrogens with zero attached hydrogens (tertiary/aromatic N) is 3. The summed E-state index contributed by atoms with van der Waals surface area (Å²) in [4.78, 5) is 15.2. The number of para-hydroxylation sites is 1. The zero-order chi connectivity index (χ0) is 31.2. The maximum absolute atomic E-state index is 6.54. The molecule has 47 heavy (non-hydrogen) atoms. The van der Waals surface area contributed by atoms with Crippen LogP contribution in [0.3, 0.4) is 0 Å². The number of rotatable bonds is 5. The van der Waals surface area contributed by atoms with Crippen molar-refractivity contribution in [3.05, 3.63) is 163 Å². The molecule has 7 aromatic rings. The van der Waals surface area contributed by atoms with Crippen LogP contribution in [0.2, 0.25) is 0 Å². The molecule has 2 heterocycles. The molecule has 1 aliphatic heterocycles. The topological polar surface area (TPSA) is 47.9 Å². The lowest BCUT2D eigenvalue weighted by Gasteiger charge is -2.13. The van der Waals surface area contributed by atoms with Gasteiger partial charge in [-0.05, 0) is 51.2 Å². The van der Waals surface area contributed by atoms with Crippen LogP contribution in [0.4, 0.5) is 0 Å². The summed E-state index contributed by atoms with van der Waals surface area (Å²) in [6.45, 7) is 0. The Morgan fingerprint density at radius 1 is 0.468 bits per heavy atom. The highest BCUT2D eigenvalue weighted by atomic mass is 16.5. The predicted octanol–water partition coefficient (Wildman–Crippen LogP) is 10.5. The minimum atomic E-state index is 0.0173. The highest BCUT2D eigenvalue weighted by Crippen LogP contribution is 2.45. The maximum atomic E-state index is 6.54. The summed E-state index contributed by atoms with van der Waals surface area (Å²) < 4.78 is 6.54. The van der Waals surface area contributed by atoms with Gasteiger partial charge in [0.1, 0.15) is 11.9 Å². The van der Waals surface area contributed by atoms with Crippen LogP contribution in [-0.2, 0) is 0 Å². The first kappa shape index (κ1) is 27.2. The largest absolute Gasteiger partial charge is 0.484 e. The fraction of sp³-hybridized carbons (Fsp3) is 0.0465. The molecule has 0 amide bonds. The van der Waals surface area contributed by atoms with Gasteiger partial charge < -0.3 is 4.74 Å². The number of benzene rings is 6. The monoisotopic (exact) mass is 603 g/mol. The molecule has 9 rings (SSSR count). The van der Waals surface area contributed by atoms with Crippen LogP contribution in [0.25, 0.3) is 72.8 Å². The van der Waals surface area contributed by atoms with E-state index in [1.807, 2.05) is 12.1 Å². The third-order valence-corrected chi connectivity index (χ3v) is 9.03. The lowest BCUT2D eigenvalue weighted by molar-refractivity contribution is 0.280. The second kappa shape index (κ2) is 11.3. The van der Waals surface area contributed by atoms with Gasteiger partial charge in [0.25, 0.3) is 0 Å². The van der Waals surface area contributed by atoms with Crippen LogP contribution in [0.1, 0.15) is 12.0 Å². The minimum absolute atomic E-state index is 0.0173. The van der Waals surface area contributed by atoms with E-state index in [4.69, 9.17) is 19.7 Å². The van der Waals surface area contributed by atoms with E-state index >= 15 is 0 Å². The Kier molecular flexibility index (Phi) is 6.57. The van der Waals surface area contributed by atoms with Gasteiger partial charge in [-0.25, -0.2) is 15.0 Å². The standard InChI is InChI=1S/C43H29N3O/c1-3-10-28(11-4-1)30-18-20-31(21-19-30)41-44-42(35-25-24-33-26-32(22-23-34(33)27-35)29-12-5-2-6-13-29)46-43(45-41)38-16-9-15-37-36-14-7-8-17-39(36)47-40(37)38/h1-16,18-27,39H,17H2. The fourth-order valence-electron chi connectivity index (χ4n) is 6.58. The van der Waals surface area contributed by atoms with E-state index in [0.29, 0.717) is 17.5 Å². The molecule has 4 nitrogen and oxygen atoms in total. The molecular weight excluding hydrogens is 574 g/mol. The van der Waals surface area contributed by atoms with Crippen LogP contribution in [0, 0.1) is 0 Å². The number of ether oxygens (including phenoxy) is 1. The van der Waals surface area contributed by atoms with Crippen LogP contribution >= 0.6 is 0 Å². The summed E-state index contributed by atoms with van der Waals surface area (Å²) in [6, 6.07) is 48.6. The molecule has 0 radical (unpaired) electrons. The fourth-order valence-corrected chi connectivity index (χ4v) is 6.58. The van der Waals surface area contributed by atoms with Crippen molar-refractivity contribution in [3.63, 3.8) is 0 Å². The van der Waals surface area contributed by atoms with Crippen molar-refractivity contribution in [2.45, 2.75) is 12.5 Å². The van der Waals surface area contributed by atoms with Gasteiger partial charge in [-0.2, -0.15) is 0 Å². The van der Waals surface area contributed by atoms with Gasteiger partial charge in [-0.3, -0.25) is 0 Å². The van der Waals surface area contributed by atoms with Crippen molar-refractivity contribution in [3.8, 4) is 62.2 Å². The molecule has 1 atom stereocenters. The van der Waals surface area contributed by atoms with Crippen molar-refractivity contribution in [1.82, 2.24) is 15.0 Å². The van der Waals surface area contributed by atoms with Crippen molar-refractivity contribution in [2.75, 3.05) is 0 Å². The summed E-state index contributed by atoms with van der Waals surface area (Å²) in [7, 11) is 0. The molecule has 2 aliphatic rings. The quantitative estimate of drug-likeness (QED) is 0.196. The zero-order valence-corrected chi connectivity index (χ0v) is 25.5. The first-order chi connectivity index (χ1) is 23.3. The van der Waals surface area contributed by atoms with Crippen molar-refractivity contribution >= 4 is 16.3 Å². The zero-order valence-electron chi connectivity index (χ0n) is 25.5. The van der Waals surface area contributed by atoms with Crippen molar-refractivity contribution in [1.29, 1.82) is 0 Å². The van der Waals surface area contributed by atoms with Gasteiger partial charge in [-0.15, -0.1) is 0 Å². The molecule has 1 aromatic heterocycles. The number of hydrogen-bond acceptors (Lipinski definition) is 4. The van der Waals surface area contributed by atoms with E-state index in [-0.39, 0.29) is 6.10 Å². The van der Waals surface area contributed by atoms with E-state index in [9.17, 15) is 0 Å². The number of allylic oxidation sites excluding steroid dienone is 2. The number of fused-ring (bicyclic) bond motifs is 4. The molecule has 0 bridgehead atoms. The Hall–Kier alpha value is -6.13. The normalized spacial score (nSPS) is 14.7. The molecule has 4 heteroatoms. The summed E-state index contributed by atoms with van der Waals surface area (Å²) in [6.07, 6.45) is 7.28. The second-order valence-corrected chi connectivity index (χ2v) is 12.0. The lowest BCUT2D eigenvalue weighted by Crippen LogP contribution is -2.12. The van der Waals surface area contributed by atoms with E-state index in [2.05, 4.69) is 146 Å². The molecule has 1 aliphatic carbocycles. The number of hydrogen-bond donors (Lipinski definition) is 0. The molecular formula is C43H29N3O. The molecule has 0 N–H and O–H groups in total. The molecule has 0 fully saturated rings. The van der Waals surface area contributed by atoms with Crippen LogP contribution in [0.5, 0.6) is 5.75 Å². The molecule has 222 valence electrons. The average molecular weight is 604 g/mol. The van der Waals surface area contributed by atoms with Crippen LogP contribution in [-0.4, -0.2) is 21.1 Å². The third-order valence-electron chi connectivity index (χ3n) is 9.03. The number of aromatic nitrogens is 3. The minimum Gasteiger partial charge on any atom is -0.484 e. The van der Waals surface area contributed by atoms with E-state index in [1.54, 1.807) is 0 Å². The Labute approximate surface area is 273 Å². The first-order valence-corrected chi connectivity index (χ1v) is 16.0. The van der Waals surface area contributed by atoms with Gasteiger partial charge >= 0.3 is 0 Å². The van der Waals surface area contributed by atoms with Gasteiger partial charge in [0.05, 0.1) is 5.56 Å². The highest BCUT2D eigenvalue weighted by Gasteiger charge is 2.31. The van der Waals surface area contributed by atoms with Crippen LogP contribution < -0.4 is 4.74 Å². The van der Waals surface area contributed by atoms with Crippen LogP contribution in [0.15, 0.2) is 158 Å². The van der Waals surface area contributed by atoms with Gasteiger partial charge in [0, 0.05) is 28.7 Å². The SMILES string of the molecule is C1=CCC2Oc3c(cccc3-c3nc(-c4ccc(-c5ccccc5)cc4)nc(-c4ccc5cc(-c6ccccc6)ccc5c4)n3)C2=C1. The first-order valence-electron chi connectivity index (χ1n) is 16.0. The molecule has 0 saturated heterocycles. The maximum Gasteiger partial charge on any atom is 0.167 e. The summed E-state index contributed by atoms with van der Waals surface area (Å²) in [5.41, 5.74) is 9.76. The summed E-state index contributed by atoms with van der Waals surface area (Å²) in [5, 5.41) is 2.30. The van der Waals surface area contributed by atoms with Crippen molar-refractivity contribution < 1.29 is 4.74 Å². The van der Waals surface area contributed by atoms with Crippen molar-refractivity contribution in [2.24, 2.45) is 0 Å². The van der Waals surface area contributed by atoms with E-state index < -0.39 is 0 Å².